The number of benzene rings is 2. The van der Waals surface area contributed by atoms with Gasteiger partial charge in [0.2, 0.25) is 0 Å². The number of thioether (sulfide) groups is 1. The molecular formula is C19H19FN2OS. The van der Waals surface area contributed by atoms with Crippen molar-refractivity contribution in [1.82, 2.24) is 9.55 Å². The van der Waals surface area contributed by atoms with E-state index in [2.05, 4.69) is 11.9 Å². The fourth-order valence-electron chi connectivity index (χ4n) is 2.50. The minimum Gasteiger partial charge on any atom is -0.287 e. The zero-order valence-electron chi connectivity index (χ0n) is 13.5. The van der Waals surface area contributed by atoms with E-state index in [9.17, 15) is 9.18 Å². The van der Waals surface area contributed by atoms with Gasteiger partial charge in [0, 0.05) is 12.3 Å². The molecule has 3 nitrogen and oxygen atoms in total. The Bertz CT molecular complexity index is 890. The van der Waals surface area contributed by atoms with Crippen LogP contribution in [0.3, 0.4) is 0 Å². The van der Waals surface area contributed by atoms with Crippen molar-refractivity contribution in [2.24, 2.45) is 0 Å². The van der Waals surface area contributed by atoms with E-state index < -0.39 is 0 Å². The molecule has 0 N–H and O–H groups in total. The molecule has 0 unspecified atom stereocenters. The van der Waals surface area contributed by atoms with Crippen molar-refractivity contribution >= 4 is 22.7 Å². The highest BCUT2D eigenvalue weighted by Gasteiger charge is 2.11. The average molecular weight is 342 g/mol. The molecule has 3 rings (SSSR count). The molecule has 0 spiro atoms. The van der Waals surface area contributed by atoms with E-state index in [0.717, 1.165) is 29.1 Å². The van der Waals surface area contributed by atoms with Crippen molar-refractivity contribution in [3.63, 3.8) is 0 Å². The molecule has 0 fully saturated rings. The Morgan fingerprint density at radius 2 is 1.88 bits per heavy atom. The predicted molar refractivity (Wildman–Crippen MR) is 96.9 cm³/mol. The van der Waals surface area contributed by atoms with Crippen molar-refractivity contribution in [2.75, 3.05) is 0 Å². The molecule has 0 radical (unpaired) electrons. The second-order valence-corrected chi connectivity index (χ2v) is 6.58. The van der Waals surface area contributed by atoms with Gasteiger partial charge in [-0.2, -0.15) is 0 Å². The van der Waals surface area contributed by atoms with Gasteiger partial charge in [0.05, 0.1) is 10.9 Å². The van der Waals surface area contributed by atoms with E-state index in [1.807, 2.05) is 24.3 Å². The fraction of sp³-hybridized carbons (Fsp3) is 0.263. The number of fused-ring (bicyclic) bond motifs is 1. The molecule has 0 saturated carbocycles. The summed E-state index contributed by atoms with van der Waals surface area (Å²) in [5.74, 6) is 0.407. The summed E-state index contributed by atoms with van der Waals surface area (Å²) in [5, 5.41) is 1.37. The number of hydrogen-bond acceptors (Lipinski definition) is 3. The van der Waals surface area contributed by atoms with Crippen LogP contribution in [0.1, 0.15) is 25.3 Å². The highest BCUT2D eigenvalue weighted by molar-refractivity contribution is 7.98. The summed E-state index contributed by atoms with van der Waals surface area (Å²) in [6, 6.07) is 13.9. The molecule has 0 aliphatic rings. The van der Waals surface area contributed by atoms with E-state index in [1.54, 1.807) is 16.7 Å². The molecule has 0 atom stereocenters. The number of unbranched alkanes of at least 4 members (excludes halogenated alkanes) is 1. The van der Waals surface area contributed by atoms with E-state index >= 15 is 0 Å². The lowest BCUT2D eigenvalue weighted by atomic mass is 10.2. The van der Waals surface area contributed by atoms with Crippen molar-refractivity contribution in [2.45, 2.75) is 37.2 Å². The van der Waals surface area contributed by atoms with Gasteiger partial charge < -0.3 is 0 Å². The Labute approximate surface area is 144 Å². The molecule has 0 amide bonds. The molecule has 5 heteroatoms. The third-order valence-corrected chi connectivity index (χ3v) is 4.89. The molecule has 24 heavy (non-hydrogen) atoms. The Hall–Kier alpha value is -2.14. The first kappa shape index (κ1) is 16.7. The van der Waals surface area contributed by atoms with Gasteiger partial charge in [-0.05, 0) is 36.2 Å². The number of rotatable bonds is 6. The van der Waals surface area contributed by atoms with E-state index in [0.29, 0.717) is 17.7 Å². The van der Waals surface area contributed by atoms with E-state index in [4.69, 9.17) is 0 Å². The first-order valence-corrected chi connectivity index (χ1v) is 9.04. The average Bonchev–Trinajstić information content (AvgIpc) is 2.61. The van der Waals surface area contributed by atoms with Gasteiger partial charge in [-0.15, -0.1) is 0 Å². The smallest absolute Gasteiger partial charge is 0.262 e. The highest BCUT2D eigenvalue weighted by atomic mass is 32.2. The molecule has 0 aliphatic heterocycles. The number of para-hydroxylation sites is 1. The van der Waals surface area contributed by atoms with Crippen molar-refractivity contribution < 1.29 is 4.39 Å². The van der Waals surface area contributed by atoms with Gasteiger partial charge in [0.1, 0.15) is 5.82 Å². The number of hydrogen-bond donors (Lipinski definition) is 0. The van der Waals surface area contributed by atoms with Gasteiger partial charge in [-0.25, -0.2) is 9.37 Å². The minimum absolute atomic E-state index is 0.00987. The summed E-state index contributed by atoms with van der Waals surface area (Å²) in [6.07, 6.45) is 1.95. The molecule has 2 aromatic carbocycles. The van der Waals surface area contributed by atoms with Crippen LogP contribution < -0.4 is 5.56 Å². The van der Waals surface area contributed by atoms with Crippen LogP contribution in [0.15, 0.2) is 58.5 Å². The van der Waals surface area contributed by atoms with Crippen LogP contribution in [-0.4, -0.2) is 9.55 Å². The van der Waals surface area contributed by atoms with Crippen LogP contribution in [0, 0.1) is 5.82 Å². The normalized spacial score (nSPS) is 11.1. The zero-order chi connectivity index (χ0) is 16.9. The standard InChI is InChI=1S/C19H19FN2OS/c1-2-3-12-22-18(23)16-6-4-5-7-17(16)21-19(22)24-13-14-8-10-15(20)11-9-14/h4-11H,2-3,12-13H2,1H3. The Balaban J connectivity index is 1.95. The van der Waals surface area contributed by atoms with Gasteiger partial charge >= 0.3 is 0 Å². The summed E-state index contributed by atoms with van der Waals surface area (Å²) >= 11 is 1.51. The van der Waals surface area contributed by atoms with Gasteiger partial charge in [-0.3, -0.25) is 9.36 Å². The molecular weight excluding hydrogens is 323 g/mol. The van der Waals surface area contributed by atoms with Crippen molar-refractivity contribution in [3.05, 3.63) is 70.3 Å². The zero-order valence-corrected chi connectivity index (χ0v) is 14.4. The lowest BCUT2D eigenvalue weighted by Crippen LogP contribution is -2.23. The summed E-state index contributed by atoms with van der Waals surface area (Å²) in [5.41, 5.74) is 1.73. The third kappa shape index (κ3) is 3.67. The topological polar surface area (TPSA) is 34.9 Å². The van der Waals surface area contributed by atoms with Crippen LogP contribution in [0.4, 0.5) is 4.39 Å². The van der Waals surface area contributed by atoms with Crippen molar-refractivity contribution in [3.8, 4) is 0 Å². The number of halogens is 1. The summed E-state index contributed by atoms with van der Waals surface area (Å²) in [7, 11) is 0. The number of nitrogens with zero attached hydrogens (tertiary/aromatic N) is 2. The monoisotopic (exact) mass is 342 g/mol. The second-order valence-electron chi connectivity index (χ2n) is 5.64. The predicted octanol–water partition coefficient (Wildman–Crippen LogP) is 4.63. The highest BCUT2D eigenvalue weighted by Crippen LogP contribution is 2.22. The van der Waals surface area contributed by atoms with Crippen LogP contribution in [0.5, 0.6) is 0 Å². The van der Waals surface area contributed by atoms with Gasteiger partial charge in [0.15, 0.2) is 5.16 Å². The lowest BCUT2D eigenvalue weighted by Gasteiger charge is -2.12. The van der Waals surface area contributed by atoms with Gasteiger partial charge in [-0.1, -0.05) is 49.4 Å². The Morgan fingerprint density at radius 1 is 1.12 bits per heavy atom. The van der Waals surface area contributed by atoms with Crippen LogP contribution in [0.2, 0.25) is 0 Å². The largest absolute Gasteiger partial charge is 0.287 e. The van der Waals surface area contributed by atoms with Crippen LogP contribution in [0.25, 0.3) is 10.9 Å². The molecule has 1 heterocycles. The summed E-state index contributed by atoms with van der Waals surface area (Å²) in [4.78, 5) is 17.4. The van der Waals surface area contributed by atoms with Gasteiger partial charge in [0.25, 0.3) is 5.56 Å². The summed E-state index contributed by atoms with van der Waals surface area (Å²) < 4.78 is 14.8. The van der Waals surface area contributed by atoms with E-state index in [1.165, 1.54) is 23.9 Å². The SMILES string of the molecule is CCCCn1c(SCc2ccc(F)cc2)nc2ccccc2c1=O. The second kappa shape index (κ2) is 7.62. The Morgan fingerprint density at radius 3 is 2.62 bits per heavy atom. The molecule has 3 aromatic rings. The molecule has 124 valence electrons. The molecule has 0 aliphatic carbocycles. The number of aromatic nitrogens is 2. The van der Waals surface area contributed by atoms with Crippen molar-refractivity contribution in [1.29, 1.82) is 0 Å². The molecule has 0 saturated heterocycles. The first-order valence-electron chi connectivity index (χ1n) is 8.06. The molecule has 1 aromatic heterocycles. The Kier molecular flexibility index (Phi) is 5.30. The quantitative estimate of drug-likeness (QED) is 0.484. The molecule has 0 bridgehead atoms. The third-order valence-electron chi connectivity index (χ3n) is 3.84. The summed E-state index contributed by atoms with van der Waals surface area (Å²) in [6.45, 7) is 2.77. The maximum Gasteiger partial charge on any atom is 0.262 e. The minimum atomic E-state index is -0.243. The van der Waals surface area contributed by atoms with E-state index in [-0.39, 0.29) is 11.4 Å². The fourth-order valence-corrected chi connectivity index (χ4v) is 3.48. The first-order chi connectivity index (χ1) is 11.7. The lowest BCUT2D eigenvalue weighted by molar-refractivity contribution is 0.557. The van der Waals surface area contributed by atoms with Crippen LogP contribution >= 0.6 is 11.8 Å². The van der Waals surface area contributed by atoms with Crippen LogP contribution in [-0.2, 0) is 12.3 Å². The maximum absolute atomic E-state index is 13.0. The maximum atomic E-state index is 13.0.